The van der Waals surface area contributed by atoms with Crippen LogP contribution >= 0.6 is 11.6 Å². The van der Waals surface area contributed by atoms with Crippen LogP contribution in [0.4, 0.5) is 5.69 Å². The molecule has 1 amide bonds. The third kappa shape index (κ3) is 5.07. The van der Waals surface area contributed by atoms with Gasteiger partial charge in [-0.2, -0.15) is 4.80 Å². The first-order valence-corrected chi connectivity index (χ1v) is 12.1. The lowest BCUT2D eigenvalue weighted by Crippen LogP contribution is -2.20. The number of aryl methyl sites for hydroxylation is 1. The van der Waals surface area contributed by atoms with E-state index in [2.05, 4.69) is 27.6 Å². The van der Waals surface area contributed by atoms with Gasteiger partial charge in [0.2, 0.25) is 0 Å². The van der Waals surface area contributed by atoms with Gasteiger partial charge in [0, 0.05) is 10.7 Å². The van der Waals surface area contributed by atoms with Crippen molar-refractivity contribution in [3.8, 4) is 11.4 Å². The highest BCUT2D eigenvalue weighted by molar-refractivity contribution is 6.31. The van der Waals surface area contributed by atoms with E-state index in [1.807, 2.05) is 43.3 Å². The first-order chi connectivity index (χ1) is 16.5. The summed E-state index contributed by atoms with van der Waals surface area (Å²) in [5.74, 6) is 1.13. The lowest BCUT2D eigenvalue weighted by molar-refractivity contribution is -0.118. The van der Waals surface area contributed by atoms with Crippen molar-refractivity contribution >= 4 is 34.2 Å². The second-order valence-electron chi connectivity index (χ2n) is 8.87. The molecule has 5 rings (SSSR count). The third-order valence-corrected chi connectivity index (χ3v) is 6.78. The van der Waals surface area contributed by atoms with Gasteiger partial charge in [0.15, 0.2) is 6.61 Å². The zero-order chi connectivity index (χ0) is 23.5. The molecule has 0 saturated heterocycles. The number of carbonyl (C=O) groups excluding carboxylic acids is 1. The molecule has 34 heavy (non-hydrogen) atoms. The Balaban J connectivity index is 1.20. The number of fused-ring (bicyclic) bond motifs is 1. The summed E-state index contributed by atoms with van der Waals surface area (Å²) in [4.78, 5) is 14.0. The summed E-state index contributed by atoms with van der Waals surface area (Å²) in [6.07, 6.45) is 6.50. The second-order valence-corrected chi connectivity index (χ2v) is 9.27. The average Bonchev–Trinajstić information content (AvgIpc) is 3.29. The highest BCUT2D eigenvalue weighted by Crippen LogP contribution is 2.33. The van der Waals surface area contributed by atoms with Crippen molar-refractivity contribution in [1.82, 2.24) is 15.0 Å². The minimum Gasteiger partial charge on any atom is -0.484 e. The van der Waals surface area contributed by atoms with Crippen LogP contribution in [0.3, 0.4) is 0 Å². The quantitative estimate of drug-likeness (QED) is 0.348. The van der Waals surface area contributed by atoms with Gasteiger partial charge in [-0.15, -0.1) is 10.2 Å². The highest BCUT2D eigenvalue weighted by Gasteiger charge is 2.15. The van der Waals surface area contributed by atoms with E-state index in [9.17, 15) is 4.79 Å². The van der Waals surface area contributed by atoms with Gasteiger partial charge in [0.05, 0.1) is 5.69 Å². The first-order valence-electron chi connectivity index (χ1n) is 11.7. The number of amides is 1. The van der Waals surface area contributed by atoms with Crippen LogP contribution in [0.25, 0.3) is 16.7 Å². The number of ether oxygens (including phenoxy) is 1. The number of nitrogens with zero attached hydrogens (tertiary/aromatic N) is 3. The largest absolute Gasteiger partial charge is 0.484 e. The smallest absolute Gasteiger partial charge is 0.262 e. The van der Waals surface area contributed by atoms with Crippen molar-refractivity contribution in [3.05, 3.63) is 76.8 Å². The molecule has 1 aromatic heterocycles. The van der Waals surface area contributed by atoms with Crippen molar-refractivity contribution in [2.75, 3.05) is 11.9 Å². The number of halogens is 1. The van der Waals surface area contributed by atoms with Crippen LogP contribution in [0.5, 0.6) is 5.75 Å². The molecule has 0 atom stereocenters. The Morgan fingerprint density at radius 2 is 1.76 bits per heavy atom. The summed E-state index contributed by atoms with van der Waals surface area (Å²) >= 11 is 6.23. The molecule has 0 aliphatic heterocycles. The fraction of sp³-hybridized carbons (Fsp3) is 0.296. The molecule has 0 unspecified atom stereocenters. The maximum atomic E-state index is 12.4. The monoisotopic (exact) mass is 474 g/mol. The minimum atomic E-state index is -0.228. The number of hydrogen-bond donors (Lipinski definition) is 1. The molecule has 1 fully saturated rings. The zero-order valence-corrected chi connectivity index (χ0v) is 19.9. The summed E-state index contributed by atoms with van der Waals surface area (Å²) in [5.41, 5.74) is 5.18. The van der Waals surface area contributed by atoms with E-state index in [1.54, 1.807) is 16.9 Å². The summed E-state index contributed by atoms with van der Waals surface area (Å²) in [6, 6.07) is 19.3. The van der Waals surface area contributed by atoms with Crippen molar-refractivity contribution in [3.63, 3.8) is 0 Å². The van der Waals surface area contributed by atoms with Crippen molar-refractivity contribution < 1.29 is 9.53 Å². The number of anilines is 1. The molecule has 0 radical (unpaired) electrons. The Bertz CT molecular complexity index is 1310. The molecule has 1 aliphatic carbocycles. The Hall–Kier alpha value is -3.38. The van der Waals surface area contributed by atoms with Gasteiger partial charge < -0.3 is 10.1 Å². The lowest BCUT2D eigenvalue weighted by atomic mass is 9.84. The molecule has 3 aromatic carbocycles. The zero-order valence-electron chi connectivity index (χ0n) is 19.1. The molecular weight excluding hydrogens is 448 g/mol. The van der Waals surface area contributed by atoms with E-state index in [4.69, 9.17) is 16.3 Å². The van der Waals surface area contributed by atoms with Crippen LogP contribution in [0.15, 0.2) is 60.7 Å². The van der Waals surface area contributed by atoms with E-state index in [-0.39, 0.29) is 12.5 Å². The third-order valence-electron chi connectivity index (χ3n) is 6.38. The predicted molar refractivity (Wildman–Crippen MR) is 135 cm³/mol. The normalized spacial score (nSPS) is 14.3. The van der Waals surface area contributed by atoms with Crippen LogP contribution in [0, 0.1) is 6.92 Å². The van der Waals surface area contributed by atoms with Crippen LogP contribution in [-0.4, -0.2) is 27.5 Å². The summed E-state index contributed by atoms with van der Waals surface area (Å²) in [7, 11) is 0. The molecule has 1 aliphatic rings. The average molecular weight is 475 g/mol. The summed E-state index contributed by atoms with van der Waals surface area (Å²) in [5, 5.41) is 12.6. The molecule has 174 valence electrons. The van der Waals surface area contributed by atoms with E-state index in [1.165, 1.54) is 37.7 Å². The number of benzene rings is 3. The van der Waals surface area contributed by atoms with Crippen molar-refractivity contribution in [2.24, 2.45) is 0 Å². The molecule has 1 saturated carbocycles. The SMILES string of the molecule is Cc1ccc(-n2nc3ccc(NC(=O)COc4ccc(C5CCCCC5)cc4)cc3n2)cc1Cl. The van der Waals surface area contributed by atoms with E-state index in [0.717, 1.165) is 16.8 Å². The first kappa shape index (κ1) is 22.4. The van der Waals surface area contributed by atoms with Gasteiger partial charge in [-0.1, -0.05) is 49.1 Å². The van der Waals surface area contributed by atoms with Crippen molar-refractivity contribution in [1.29, 1.82) is 0 Å². The number of hydrogen-bond acceptors (Lipinski definition) is 4. The van der Waals surface area contributed by atoms with Crippen molar-refractivity contribution in [2.45, 2.75) is 44.9 Å². The number of rotatable bonds is 6. The fourth-order valence-corrected chi connectivity index (χ4v) is 4.61. The topological polar surface area (TPSA) is 69.0 Å². The van der Waals surface area contributed by atoms with Gasteiger partial charge >= 0.3 is 0 Å². The second kappa shape index (κ2) is 9.85. The molecule has 1 heterocycles. The standard InChI is InChI=1S/C27H27ClN4O2/c1-18-7-11-22(16-24(18)28)32-30-25-14-10-21(15-26(25)31-32)29-27(33)17-34-23-12-8-20(9-13-23)19-5-3-2-4-6-19/h7-16,19H,2-6,17H2,1H3,(H,29,33). The highest BCUT2D eigenvalue weighted by atomic mass is 35.5. The van der Waals surface area contributed by atoms with E-state index in [0.29, 0.717) is 27.9 Å². The molecule has 0 bridgehead atoms. The van der Waals surface area contributed by atoms with Gasteiger partial charge in [-0.25, -0.2) is 0 Å². The van der Waals surface area contributed by atoms with Gasteiger partial charge in [0.1, 0.15) is 16.8 Å². The maximum absolute atomic E-state index is 12.4. The Kier molecular flexibility index (Phi) is 6.50. The van der Waals surface area contributed by atoms with Crippen LogP contribution < -0.4 is 10.1 Å². The number of aromatic nitrogens is 3. The van der Waals surface area contributed by atoms with Crippen LogP contribution in [0.2, 0.25) is 5.02 Å². The Morgan fingerprint density at radius 1 is 1.00 bits per heavy atom. The Morgan fingerprint density at radius 3 is 2.53 bits per heavy atom. The molecule has 7 heteroatoms. The number of nitrogens with one attached hydrogen (secondary N) is 1. The van der Waals surface area contributed by atoms with Crippen LogP contribution in [-0.2, 0) is 4.79 Å². The molecule has 1 N–H and O–H groups in total. The fourth-order valence-electron chi connectivity index (χ4n) is 4.43. The molecule has 0 spiro atoms. The molecule has 6 nitrogen and oxygen atoms in total. The lowest BCUT2D eigenvalue weighted by Gasteiger charge is -2.22. The van der Waals surface area contributed by atoms with Crippen LogP contribution in [0.1, 0.15) is 49.1 Å². The predicted octanol–water partition coefficient (Wildman–Crippen LogP) is 6.45. The number of carbonyl (C=O) groups is 1. The molecule has 4 aromatic rings. The summed E-state index contributed by atoms with van der Waals surface area (Å²) < 4.78 is 5.70. The van der Waals surface area contributed by atoms with Gasteiger partial charge in [-0.05, 0) is 79.3 Å². The van der Waals surface area contributed by atoms with E-state index < -0.39 is 0 Å². The van der Waals surface area contributed by atoms with Gasteiger partial charge in [-0.3, -0.25) is 4.79 Å². The molecular formula is C27H27ClN4O2. The minimum absolute atomic E-state index is 0.0602. The van der Waals surface area contributed by atoms with Gasteiger partial charge in [0.25, 0.3) is 5.91 Å². The Labute approximate surface area is 203 Å². The maximum Gasteiger partial charge on any atom is 0.262 e. The van der Waals surface area contributed by atoms with E-state index >= 15 is 0 Å². The summed E-state index contributed by atoms with van der Waals surface area (Å²) in [6.45, 7) is 1.89.